The van der Waals surface area contributed by atoms with Crippen LogP contribution in [0.3, 0.4) is 0 Å². The van der Waals surface area contributed by atoms with Gasteiger partial charge >= 0.3 is 12.2 Å². The van der Waals surface area contributed by atoms with Gasteiger partial charge in [-0.25, -0.2) is 27.4 Å². The molecule has 3 amide bonds. The van der Waals surface area contributed by atoms with Crippen LogP contribution in [0.25, 0.3) is 10.8 Å². The van der Waals surface area contributed by atoms with Crippen LogP contribution in [0.4, 0.5) is 31.2 Å². The van der Waals surface area contributed by atoms with E-state index in [4.69, 9.17) is 15.2 Å². The minimum absolute atomic E-state index is 0.00245. The zero-order valence-corrected chi connectivity index (χ0v) is 36.3. The smallest absolute Gasteiger partial charge is 0.425 e. The Morgan fingerprint density at radius 2 is 1.60 bits per heavy atom. The fourth-order valence-electron chi connectivity index (χ4n) is 7.05. The van der Waals surface area contributed by atoms with Crippen molar-refractivity contribution < 1.29 is 36.7 Å². The van der Waals surface area contributed by atoms with Crippen molar-refractivity contribution in [2.24, 2.45) is 5.92 Å². The van der Waals surface area contributed by atoms with E-state index in [0.29, 0.717) is 46.2 Å². The second-order valence-electron chi connectivity index (χ2n) is 17.9. The van der Waals surface area contributed by atoms with Crippen LogP contribution in [-0.4, -0.2) is 73.0 Å². The molecule has 15 heteroatoms. The predicted molar refractivity (Wildman–Crippen MR) is 231 cm³/mol. The summed E-state index contributed by atoms with van der Waals surface area (Å²) >= 11 is 0. The molecule has 322 valence electrons. The number of nitrogens with zero attached hydrogens (tertiary/aromatic N) is 3. The maximum Gasteiger partial charge on any atom is 0.425 e. The molecule has 1 heterocycles. The Morgan fingerprint density at radius 3 is 2.22 bits per heavy atom. The SMILES string of the molecule is CN(Cc1cc(N)ccc1S(=O)(=O)C1CC1)C(=O)C(Nc1ccc2c(N(C(=O)OC(C)(C)C)C(=O)OC(C)(C)C)ncc(F)c2c1)c1cccc(CCNCC2CCC2)c1. The maximum absolute atomic E-state index is 15.8. The molecule has 6 rings (SSSR count). The van der Waals surface area contributed by atoms with E-state index >= 15 is 4.39 Å². The van der Waals surface area contributed by atoms with Gasteiger partial charge in [0, 0.05) is 35.7 Å². The minimum Gasteiger partial charge on any atom is -0.443 e. The van der Waals surface area contributed by atoms with Gasteiger partial charge in [0.05, 0.1) is 16.3 Å². The Morgan fingerprint density at radius 1 is 0.917 bits per heavy atom. The highest BCUT2D eigenvalue weighted by Gasteiger charge is 2.39. The van der Waals surface area contributed by atoms with Gasteiger partial charge in [-0.15, -0.1) is 0 Å². The third-order valence-corrected chi connectivity index (χ3v) is 12.8. The second-order valence-corrected chi connectivity index (χ2v) is 20.1. The number of sulfone groups is 1. The number of aromatic nitrogens is 1. The lowest BCUT2D eigenvalue weighted by atomic mass is 9.85. The lowest BCUT2D eigenvalue weighted by Crippen LogP contribution is -2.44. The summed E-state index contributed by atoms with van der Waals surface area (Å²) in [6, 6.07) is 15.9. The topological polar surface area (TPSA) is 173 Å². The fraction of sp³-hybridized carbons (Fsp3) is 0.467. The van der Waals surface area contributed by atoms with E-state index in [2.05, 4.69) is 15.6 Å². The number of likely N-dealkylation sites (N-methyl/N-ethyl adjacent to an activating group) is 1. The van der Waals surface area contributed by atoms with Gasteiger partial charge in [0.1, 0.15) is 23.1 Å². The number of carbonyl (C=O) groups excluding carboxylic acids is 3. The molecule has 0 bridgehead atoms. The largest absolute Gasteiger partial charge is 0.443 e. The third kappa shape index (κ3) is 10.9. The summed E-state index contributed by atoms with van der Waals surface area (Å²) in [5, 5.41) is 6.52. The van der Waals surface area contributed by atoms with E-state index in [1.807, 2.05) is 24.3 Å². The van der Waals surface area contributed by atoms with Crippen molar-refractivity contribution in [1.29, 1.82) is 0 Å². The Bertz CT molecular complexity index is 2320. The molecule has 0 aliphatic heterocycles. The van der Waals surface area contributed by atoms with E-state index in [1.54, 1.807) is 66.8 Å². The van der Waals surface area contributed by atoms with Crippen LogP contribution in [0.5, 0.6) is 0 Å². The number of anilines is 3. The number of nitrogens with two attached hydrogens (primary N) is 1. The van der Waals surface area contributed by atoms with Crippen LogP contribution < -0.4 is 21.3 Å². The van der Waals surface area contributed by atoms with E-state index in [1.165, 1.54) is 42.4 Å². The molecule has 0 radical (unpaired) electrons. The number of rotatable bonds is 14. The number of nitrogens with one attached hydrogen (secondary N) is 2. The minimum atomic E-state index is -3.61. The molecule has 2 aliphatic rings. The first-order chi connectivity index (χ1) is 28.2. The first kappa shape index (κ1) is 44.3. The molecule has 0 spiro atoms. The Hall–Kier alpha value is -5.28. The summed E-state index contributed by atoms with van der Waals surface area (Å²) in [7, 11) is -2.01. The molecular formula is C45H57FN6O7S. The van der Waals surface area contributed by atoms with Gasteiger partial charge in [-0.1, -0.05) is 30.7 Å². The van der Waals surface area contributed by atoms with E-state index < -0.39 is 50.3 Å². The van der Waals surface area contributed by atoms with Crippen LogP contribution in [0.2, 0.25) is 0 Å². The van der Waals surface area contributed by atoms with Crippen molar-refractivity contribution in [3.63, 3.8) is 0 Å². The standard InChI is InChI=1S/C45H57FN6O7S/c1-44(2,3)58-42(54)52(43(55)59-45(4,5)6)40-35-18-15-33(24-36(35)37(46)26-49-40)50-39(30-13-9-10-28(22-30)20-21-48-25-29-11-8-12-29)41(53)51(7)27-31-23-32(47)14-19-38(31)60(56,57)34-16-17-34/h9-10,13-15,18-19,22-24,26,29,34,39,48,50H,8,11-12,16-17,20-21,25,27,47H2,1-7H3. The second kappa shape index (κ2) is 17.7. The fourth-order valence-corrected chi connectivity index (χ4v) is 8.92. The Labute approximate surface area is 352 Å². The summed E-state index contributed by atoms with van der Waals surface area (Å²) < 4.78 is 53.7. The average Bonchev–Trinajstić information content (AvgIpc) is 3.99. The molecule has 0 saturated heterocycles. The first-order valence-corrected chi connectivity index (χ1v) is 22.0. The zero-order valence-electron chi connectivity index (χ0n) is 35.5. The molecule has 2 saturated carbocycles. The van der Waals surface area contributed by atoms with Crippen LogP contribution in [-0.2, 0) is 37.1 Å². The summed E-state index contributed by atoms with van der Waals surface area (Å²) in [5.74, 6) is -0.613. The number of hydrogen-bond donors (Lipinski definition) is 3. The van der Waals surface area contributed by atoms with Crippen LogP contribution in [0.15, 0.2) is 71.8 Å². The maximum atomic E-state index is 15.8. The molecule has 1 aromatic heterocycles. The van der Waals surface area contributed by atoms with Crippen molar-refractivity contribution in [2.45, 2.75) is 114 Å². The van der Waals surface area contributed by atoms with Gasteiger partial charge in [0.25, 0.3) is 0 Å². The number of fused-ring (bicyclic) bond motifs is 1. The van der Waals surface area contributed by atoms with Crippen LogP contribution >= 0.6 is 0 Å². The number of imide groups is 1. The third-order valence-electron chi connectivity index (χ3n) is 10.4. The monoisotopic (exact) mass is 844 g/mol. The molecule has 1 atom stereocenters. The summed E-state index contributed by atoms with van der Waals surface area (Å²) in [6.45, 7) is 11.6. The van der Waals surface area contributed by atoms with Gasteiger partial charge in [-0.2, -0.15) is 4.90 Å². The first-order valence-electron chi connectivity index (χ1n) is 20.5. The number of carbonyl (C=O) groups is 3. The number of amides is 3. The molecule has 3 aromatic carbocycles. The molecule has 2 fully saturated rings. The van der Waals surface area contributed by atoms with Crippen molar-refractivity contribution >= 4 is 55.9 Å². The number of ether oxygens (including phenoxy) is 2. The van der Waals surface area contributed by atoms with E-state index in [-0.39, 0.29) is 33.9 Å². The van der Waals surface area contributed by atoms with Gasteiger partial charge < -0.3 is 30.7 Å². The zero-order chi connectivity index (χ0) is 43.6. The van der Waals surface area contributed by atoms with Crippen molar-refractivity contribution in [1.82, 2.24) is 15.2 Å². The normalized spacial score (nSPS) is 15.2. The summed E-state index contributed by atoms with van der Waals surface area (Å²) in [5.41, 5.74) is 6.94. The molecular weight excluding hydrogens is 788 g/mol. The average molecular weight is 845 g/mol. The summed E-state index contributed by atoms with van der Waals surface area (Å²) in [4.78, 5) is 48.1. The van der Waals surface area contributed by atoms with E-state index in [9.17, 15) is 22.8 Å². The highest BCUT2D eigenvalue weighted by Crippen LogP contribution is 2.37. The van der Waals surface area contributed by atoms with Crippen molar-refractivity contribution in [2.75, 3.05) is 36.1 Å². The highest BCUT2D eigenvalue weighted by molar-refractivity contribution is 7.92. The lowest BCUT2D eigenvalue weighted by molar-refractivity contribution is -0.131. The number of pyridine rings is 1. The highest BCUT2D eigenvalue weighted by atomic mass is 32.2. The Kier molecular flexibility index (Phi) is 13.1. The molecule has 60 heavy (non-hydrogen) atoms. The van der Waals surface area contributed by atoms with Gasteiger partial charge in [-0.3, -0.25) is 4.79 Å². The van der Waals surface area contributed by atoms with Crippen molar-refractivity contribution in [3.8, 4) is 0 Å². The Balaban J connectivity index is 1.35. The lowest BCUT2D eigenvalue weighted by Gasteiger charge is -2.29. The molecule has 4 N–H and O–H groups in total. The summed E-state index contributed by atoms with van der Waals surface area (Å²) in [6.07, 6.45) is 4.46. The number of nitrogen functional groups attached to an aromatic ring is 1. The molecule has 13 nitrogen and oxygen atoms in total. The predicted octanol–water partition coefficient (Wildman–Crippen LogP) is 8.31. The molecule has 1 unspecified atom stereocenters. The van der Waals surface area contributed by atoms with Gasteiger partial charge in [0.2, 0.25) is 5.91 Å². The number of halogens is 1. The van der Waals surface area contributed by atoms with Crippen LogP contribution in [0, 0.1) is 11.7 Å². The number of hydrogen-bond acceptors (Lipinski definition) is 11. The van der Waals surface area contributed by atoms with Gasteiger partial charge in [-0.05, 0) is 146 Å². The number of benzene rings is 3. The molecule has 4 aromatic rings. The van der Waals surface area contributed by atoms with Crippen molar-refractivity contribution in [3.05, 3.63) is 89.4 Å². The van der Waals surface area contributed by atoms with Crippen LogP contribution in [0.1, 0.15) is 96.4 Å². The quantitative estimate of drug-likeness (QED) is 0.0823. The molecule has 2 aliphatic carbocycles. The van der Waals surface area contributed by atoms with E-state index in [0.717, 1.165) is 31.3 Å². The van der Waals surface area contributed by atoms with Gasteiger partial charge in [0.15, 0.2) is 15.7 Å².